The second kappa shape index (κ2) is 13.3. The second-order valence-corrected chi connectivity index (χ2v) is 9.08. The molecular weight excluding hydrogens is 414 g/mol. The molecule has 2 aromatic carbocycles. The van der Waals surface area contributed by atoms with Gasteiger partial charge in [0.1, 0.15) is 0 Å². The maximum absolute atomic E-state index is 14.4. The van der Waals surface area contributed by atoms with Gasteiger partial charge in [-0.3, -0.25) is 0 Å². The van der Waals surface area contributed by atoms with Crippen LogP contribution in [-0.4, -0.2) is 6.61 Å². The minimum atomic E-state index is -0.861. The first-order valence-electron chi connectivity index (χ1n) is 12.7. The number of halogens is 2. The van der Waals surface area contributed by atoms with Crippen molar-refractivity contribution in [1.82, 2.24) is 0 Å². The molecule has 3 rings (SSSR count). The fraction of sp³-hybridized carbons (Fsp3) is 0.467. The summed E-state index contributed by atoms with van der Waals surface area (Å²) in [5, 5.41) is 0. The van der Waals surface area contributed by atoms with E-state index in [1.54, 1.807) is 12.1 Å². The van der Waals surface area contributed by atoms with Crippen molar-refractivity contribution in [2.75, 3.05) is 6.61 Å². The van der Waals surface area contributed by atoms with Gasteiger partial charge in [-0.2, -0.15) is 4.39 Å². The largest absolute Gasteiger partial charge is 0.490 e. The fourth-order valence-electron chi connectivity index (χ4n) is 4.40. The van der Waals surface area contributed by atoms with E-state index in [0.29, 0.717) is 30.9 Å². The van der Waals surface area contributed by atoms with E-state index in [4.69, 9.17) is 4.74 Å². The number of hydrogen-bond donors (Lipinski definition) is 0. The summed E-state index contributed by atoms with van der Waals surface area (Å²) in [5.41, 5.74) is 4.60. The van der Waals surface area contributed by atoms with Crippen LogP contribution in [0.4, 0.5) is 8.78 Å². The summed E-state index contributed by atoms with van der Waals surface area (Å²) in [5.74, 6) is -1.09. The first-order chi connectivity index (χ1) is 16.1. The molecule has 0 saturated heterocycles. The van der Waals surface area contributed by atoms with Crippen molar-refractivity contribution >= 4 is 5.57 Å². The highest BCUT2D eigenvalue weighted by atomic mass is 19.2. The SMILES string of the molecule is CCCCCOc1ccc(CC/C=C/C2CC=C(c3ccc(CCC)cc3)CC2)c(F)c1F. The lowest BCUT2D eigenvalue weighted by atomic mass is 9.86. The van der Waals surface area contributed by atoms with E-state index in [9.17, 15) is 8.78 Å². The topological polar surface area (TPSA) is 9.23 Å². The van der Waals surface area contributed by atoms with Crippen LogP contribution in [0, 0.1) is 17.6 Å². The van der Waals surface area contributed by atoms with Crippen LogP contribution in [0.2, 0.25) is 0 Å². The Morgan fingerprint density at radius 2 is 1.76 bits per heavy atom. The molecule has 0 heterocycles. The van der Waals surface area contributed by atoms with Crippen LogP contribution in [0.5, 0.6) is 5.75 Å². The molecule has 1 atom stereocenters. The van der Waals surface area contributed by atoms with Gasteiger partial charge >= 0.3 is 0 Å². The van der Waals surface area contributed by atoms with Crippen LogP contribution < -0.4 is 4.74 Å². The van der Waals surface area contributed by atoms with Gasteiger partial charge in [-0.25, -0.2) is 4.39 Å². The van der Waals surface area contributed by atoms with Gasteiger partial charge in [-0.1, -0.05) is 81.7 Å². The van der Waals surface area contributed by atoms with Gasteiger partial charge in [0.25, 0.3) is 0 Å². The van der Waals surface area contributed by atoms with Crippen molar-refractivity contribution in [3.8, 4) is 5.75 Å². The number of aryl methyl sites for hydroxylation is 2. The molecule has 3 heteroatoms. The highest BCUT2D eigenvalue weighted by molar-refractivity contribution is 5.66. The molecule has 0 aliphatic heterocycles. The van der Waals surface area contributed by atoms with Crippen LogP contribution >= 0.6 is 0 Å². The third-order valence-corrected chi connectivity index (χ3v) is 6.44. The summed E-state index contributed by atoms with van der Waals surface area (Å²) in [6.07, 6.45) is 16.4. The molecule has 0 radical (unpaired) electrons. The summed E-state index contributed by atoms with van der Waals surface area (Å²) in [6, 6.07) is 12.2. The summed E-state index contributed by atoms with van der Waals surface area (Å²) in [7, 11) is 0. The number of unbranched alkanes of at least 4 members (excludes halogenated alkanes) is 2. The highest BCUT2D eigenvalue weighted by Crippen LogP contribution is 2.31. The predicted molar refractivity (Wildman–Crippen MR) is 135 cm³/mol. The average Bonchev–Trinajstić information content (AvgIpc) is 2.84. The molecule has 0 spiro atoms. The zero-order chi connectivity index (χ0) is 23.5. The Balaban J connectivity index is 1.46. The van der Waals surface area contributed by atoms with Crippen LogP contribution in [0.1, 0.15) is 81.9 Å². The zero-order valence-electron chi connectivity index (χ0n) is 20.2. The van der Waals surface area contributed by atoms with Crippen molar-refractivity contribution in [3.05, 3.63) is 83.0 Å². The monoisotopic (exact) mass is 452 g/mol. The molecule has 1 aliphatic rings. The third-order valence-electron chi connectivity index (χ3n) is 6.44. The molecule has 1 unspecified atom stereocenters. The number of hydrogen-bond acceptors (Lipinski definition) is 1. The summed E-state index contributed by atoms with van der Waals surface area (Å²) < 4.78 is 34.1. The summed E-state index contributed by atoms with van der Waals surface area (Å²) in [6.45, 7) is 4.73. The summed E-state index contributed by atoms with van der Waals surface area (Å²) in [4.78, 5) is 0. The first-order valence-corrected chi connectivity index (χ1v) is 12.7. The lowest BCUT2D eigenvalue weighted by Crippen LogP contribution is -2.03. The standard InChI is InChI=1S/C30H38F2O/c1-3-5-8-22-33-28-21-20-27(29(31)30(28)32)11-7-6-10-24-14-18-26(19-15-24)25-16-12-23(9-4-2)13-17-25/h6,10,12-13,16-18,20-21,24H,3-5,7-9,11,14-15,19,22H2,1-2H3/b10-6+. The van der Waals surface area contributed by atoms with Gasteiger partial charge in [-0.15, -0.1) is 0 Å². The van der Waals surface area contributed by atoms with Gasteiger partial charge < -0.3 is 4.74 Å². The van der Waals surface area contributed by atoms with E-state index in [1.807, 2.05) is 0 Å². The Labute approximate surface area is 198 Å². The van der Waals surface area contributed by atoms with Gasteiger partial charge in [0, 0.05) is 0 Å². The Hall–Kier alpha value is -2.42. The van der Waals surface area contributed by atoms with Crippen molar-refractivity contribution < 1.29 is 13.5 Å². The Morgan fingerprint density at radius 1 is 0.939 bits per heavy atom. The molecule has 0 aromatic heterocycles. The predicted octanol–water partition coefficient (Wildman–Crippen LogP) is 8.86. The van der Waals surface area contributed by atoms with Crippen LogP contribution in [0.25, 0.3) is 5.57 Å². The third kappa shape index (κ3) is 7.55. The van der Waals surface area contributed by atoms with E-state index >= 15 is 0 Å². The van der Waals surface area contributed by atoms with E-state index < -0.39 is 11.6 Å². The van der Waals surface area contributed by atoms with Crippen LogP contribution in [0.3, 0.4) is 0 Å². The normalized spacial score (nSPS) is 16.2. The van der Waals surface area contributed by atoms with Crippen LogP contribution in [0.15, 0.2) is 54.6 Å². The van der Waals surface area contributed by atoms with Crippen molar-refractivity contribution in [1.29, 1.82) is 0 Å². The Morgan fingerprint density at radius 3 is 2.45 bits per heavy atom. The number of ether oxygens (including phenoxy) is 1. The highest BCUT2D eigenvalue weighted by Gasteiger charge is 2.15. The number of benzene rings is 2. The molecule has 0 bridgehead atoms. The molecule has 178 valence electrons. The van der Waals surface area contributed by atoms with E-state index in [1.165, 1.54) is 23.1 Å². The minimum absolute atomic E-state index is 0.0210. The van der Waals surface area contributed by atoms with Crippen molar-refractivity contribution in [2.45, 2.75) is 78.1 Å². The molecule has 1 nitrogen and oxygen atoms in total. The van der Waals surface area contributed by atoms with Gasteiger partial charge in [0.05, 0.1) is 6.61 Å². The quantitative estimate of drug-likeness (QED) is 0.231. The molecular formula is C30H38F2O. The maximum atomic E-state index is 14.4. The van der Waals surface area contributed by atoms with Gasteiger partial charge in [-0.05, 0) is 79.2 Å². The van der Waals surface area contributed by atoms with E-state index in [-0.39, 0.29) is 5.75 Å². The first kappa shape index (κ1) is 25.2. The molecule has 33 heavy (non-hydrogen) atoms. The lowest BCUT2D eigenvalue weighted by molar-refractivity contribution is 0.285. The molecule has 0 fully saturated rings. The lowest BCUT2D eigenvalue weighted by Gasteiger charge is -2.19. The zero-order valence-corrected chi connectivity index (χ0v) is 20.2. The van der Waals surface area contributed by atoms with Gasteiger partial charge in [0.15, 0.2) is 11.6 Å². The van der Waals surface area contributed by atoms with E-state index in [2.05, 4.69) is 56.3 Å². The maximum Gasteiger partial charge on any atom is 0.200 e. The van der Waals surface area contributed by atoms with E-state index in [0.717, 1.165) is 44.9 Å². The van der Waals surface area contributed by atoms with Crippen molar-refractivity contribution in [3.63, 3.8) is 0 Å². The molecule has 1 aliphatic carbocycles. The molecule has 0 saturated carbocycles. The van der Waals surface area contributed by atoms with Crippen LogP contribution in [-0.2, 0) is 12.8 Å². The summed E-state index contributed by atoms with van der Waals surface area (Å²) >= 11 is 0. The smallest absolute Gasteiger partial charge is 0.200 e. The Bertz CT molecular complexity index is 927. The number of allylic oxidation sites excluding steroid dienone is 4. The molecule has 0 N–H and O–H groups in total. The Kier molecular flexibility index (Phi) is 10.2. The molecule has 2 aromatic rings. The number of rotatable bonds is 12. The molecule has 0 amide bonds. The van der Waals surface area contributed by atoms with Crippen molar-refractivity contribution in [2.24, 2.45) is 5.92 Å². The minimum Gasteiger partial charge on any atom is -0.490 e. The average molecular weight is 453 g/mol. The second-order valence-electron chi connectivity index (χ2n) is 9.08. The van der Waals surface area contributed by atoms with Gasteiger partial charge in [0.2, 0.25) is 5.82 Å². The fourth-order valence-corrected chi connectivity index (χ4v) is 4.40.